The molecule has 36 heavy (non-hydrogen) atoms. The lowest BCUT2D eigenvalue weighted by Gasteiger charge is -2.61. The van der Waals surface area contributed by atoms with Gasteiger partial charge < -0.3 is 29.5 Å². The number of aliphatic hydroxyl groups excluding tert-OH is 3. The molecule has 0 aromatic heterocycles. The predicted molar refractivity (Wildman–Crippen MR) is 134 cm³/mol. The van der Waals surface area contributed by atoms with Gasteiger partial charge in [0.2, 0.25) is 0 Å². The molecule has 1 aliphatic heterocycles. The van der Waals surface area contributed by atoms with Gasteiger partial charge in [0.1, 0.15) is 12.2 Å². The zero-order chi connectivity index (χ0) is 25.8. The summed E-state index contributed by atoms with van der Waals surface area (Å²) >= 11 is 0. The van der Waals surface area contributed by atoms with Crippen molar-refractivity contribution < 1.29 is 34.3 Å². The molecule has 0 aromatic rings. The monoisotopic (exact) mass is 506 g/mol. The molecule has 3 unspecified atom stereocenters. The highest BCUT2D eigenvalue weighted by Crippen LogP contribution is 2.67. The number of esters is 1. The van der Waals surface area contributed by atoms with E-state index in [1.165, 1.54) is 39.0 Å². The van der Waals surface area contributed by atoms with E-state index in [-0.39, 0.29) is 18.1 Å². The molecule has 3 N–H and O–H groups in total. The van der Waals surface area contributed by atoms with E-state index in [0.717, 1.165) is 31.6 Å². The zero-order valence-electron chi connectivity index (χ0n) is 22.2. The van der Waals surface area contributed by atoms with Crippen molar-refractivity contribution >= 4 is 5.97 Å². The number of fused-ring (bicyclic) bond motifs is 5. The van der Waals surface area contributed by atoms with Crippen molar-refractivity contribution in [2.24, 2.45) is 40.4 Å². The van der Waals surface area contributed by atoms with E-state index in [1.807, 2.05) is 0 Å². The van der Waals surface area contributed by atoms with Crippen LogP contribution in [0.1, 0.15) is 78.6 Å². The van der Waals surface area contributed by atoms with Crippen LogP contribution in [0.5, 0.6) is 0 Å². The molecule has 7 heteroatoms. The molecule has 0 bridgehead atoms. The van der Waals surface area contributed by atoms with Crippen molar-refractivity contribution in [3.8, 4) is 0 Å². The molecule has 1 saturated heterocycles. The molecule has 204 valence electrons. The van der Waals surface area contributed by atoms with Crippen LogP contribution in [0.4, 0.5) is 0 Å². The Kier molecular flexibility index (Phi) is 7.36. The summed E-state index contributed by atoms with van der Waals surface area (Å²) in [5.41, 5.74) is 0.318. The maximum absolute atomic E-state index is 11.4. The number of hydrogen-bond donors (Lipinski definition) is 3. The van der Waals surface area contributed by atoms with Gasteiger partial charge in [-0.3, -0.25) is 4.79 Å². The van der Waals surface area contributed by atoms with Gasteiger partial charge in [0.15, 0.2) is 12.4 Å². The standard InChI is InChI=1S/C29H46O7/c1-5-18-7-9-22-21-8-6-19-14-20(10-13-29(19,15-30)23(21)11-12-28(18,22)4)36-27-25(33)24(32)26(16(2)34-27)35-17(3)31/h5,16,18-27,30,32-33H,1,6-15H2,2-4H3/t16?,18-,19-,20-,21-,22-,23-,24?,25?,26+,27-,28+,29+/m0/s1. The fourth-order valence-electron chi connectivity index (χ4n) is 9.53. The van der Waals surface area contributed by atoms with Gasteiger partial charge in [0.05, 0.1) is 12.2 Å². The maximum Gasteiger partial charge on any atom is 0.303 e. The van der Waals surface area contributed by atoms with Crippen molar-refractivity contribution in [2.45, 2.75) is 115 Å². The first-order valence-corrected chi connectivity index (χ1v) is 14.2. The minimum absolute atomic E-state index is 0.0460. The van der Waals surface area contributed by atoms with Crippen LogP contribution in [0, 0.1) is 40.4 Å². The third-order valence-corrected chi connectivity index (χ3v) is 11.4. The molecule has 4 aliphatic carbocycles. The van der Waals surface area contributed by atoms with Crippen LogP contribution in [0.3, 0.4) is 0 Å². The number of carbonyl (C=O) groups is 1. The Balaban J connectivity index is 1.26. The topological polar surface area (TPSA) is 105 Å². The molecule has 5 fully saturated rings. The number of carbonyl (C=O) groups excluding carboxylic acids is 1. The van der Waals surface area contributed by atoms with Crippen molar-refractivity contribution in [1.82, 2.24) is 0 Å². The molecular weight excluding hydrogens is 460 g/mol. The van der Waals surface area contributed by atoms with Gasteiger partial charge in [0, 0.05) is 13.5 Å². The van der Waals surface area contributed by atoms with Gasteiger partial charge in [-0.25, -0.2) is 0 Å². The van der Waals surface area contributed by atoms with Gasteiger partial charge in [-0.05, 0) is 105 Å². The number of rotatable bonds is 5. The van der Waals surface area contributed by atoms with Crippen LogP contribution in [-0.4, -0.2) is 64.7 Å². The molecule has 0 radical (unpaired) electrons. The second-order valence-corrected chi connectivity index (χ2v) is 12.8. The second-order valence-electron chi connectivity index (χ2n) is 12.8. The number of hydrogen-bond acceptors (Lipinski definition) is 7. The Labute approximate surface area is 215 Å². The van der Waals surface area contributed by atoms with Gasteiger partial charge in [-0.15, -0.1) is 6.58 Å². The molecule has 13 atom stereocenters. The van der Waals surface area contributed by atoms with Crippen molar-refractivity contribution in [1.29, 1.82) is 0 Å². The molecule has 5 aliphatic rings. The van der Waals surface area contributed by atoms with Gasteiger partial charge in [0.25, 0.3) is 0 Å². The number of ether oxygens (including phenoxy) is 3. The van der Waals surface area contributed by atoms with E-state index in [1.54, 1.807) is 6.92 Å². The van der Waals surface area contributed by atoms with Crippen LogP contribution in [0.2, 0.25) is 0 Å². The van der Waals surface area contributed by atoms with Gasteiger partial charge in [-0.2, -0.15) is 0 Å². The SMILES string of the molecule is C=C[C@H]1CC[C@H]2[C@@H]3CC[C@H]4C[C@@H](O[C@@H]5OC(C)[C@@H](OC(C)=O)C(O)C5O)CC[C@]4(CO)[C@H]3CC[C@]12C. The van der Waals surface area contributed by atoms with Crippen LogP contribution >= 0.6 is 0 Å². The first-order chi connectivity index (χ1) is 17.1. The highest BCUT2D eigenvalue weighted by Gasteiger charge is 2.61. The summed E-state index contributed by atoms with van der Waals surface area (Å²) in [7, 11) is 0. The predicted octanol–water partition coefficient (Wildman–Crippen LogP) is 3.59. The van der Waals surface area contributed by atoms with Gasteiger partial charge >= 0.3 is 5.97 Å². The van der Waals surface area contributed by atoms with E-state index in [2.05, 4.69) is 19.6 Å². The van der Waals surface area contributed by atoms with E-state index < -0.39 is 36.7 Å². The summed E-state index contributed by atoms with van der Waals surface area (Å²) in [5, 5.41) is 32.1. The van der Waals surface area contributed by atoms with Crippen LogP contribution in [0.25, 0.3) is 0 Å². The third kappa shape index (κ3) is 4.17. The molecule has 7 nitrogen and oxygen atoms in total. The summed E-state index contributed by atoms with van der Waals surface area (Å²) in [5.74, 6) is 2.47. The molecule has 5 rings (SSSR count). The Morgan fingerprint density at radius 1 is 1.08 bits per heavy atom. The lowest BCUT2D eigenvalue weighted by molar-refractivity contribution is -0.312. The van der Waals surface area contributed by atoms with E-state index in [0.29, 0.717) is 29.1 Å². The third-order valence-electron chi connectivity index (χ3n) is 11.4. The summed E-state index contributed by atoms with van der Waals surface area (Å²) in [4.78, 5) is 11.4. The molecule has 0 amide bonds. The minimum atomic E-state index is -1.29. The van der Waals surface area contributed by atoms with Crippen LogP contribution in [-0.2, 0) is 19.0 Å². The fourth-order valence-corrected chi connectivity index (χ4v) is 9.53. The smallest absolute Gasteiger partial charge is 0.303 e. The first kappa shape index (κ1) is 26.6. The normalized spacial score (nSPS) is 52.6. The highest BCUT2D eigenvalue weighted by molar-refractivity contribution is 5.66. The molecule has 1 heterocycles. The van der Waals surface area contributed by atoms with Crippen LogP contribution in [0.15, 0.2) is 12.7 Å². The fraction of sp³-hybridized carbons (Fsp3) is 0.897. The Bertz CT molecular complexity index is 832. The summed E-state index contributed by atoms with van der Waals surface area (Å²) in [6, 6.07) is 0. The maximum atomic E-state index is 11.4. The molecule has 0 aromatic carbocycles. The van der Waals surface area contributed by atoms with E-state index in [4.69, 9.17) is 14.2 Å². The lowest BCUT2D eigenvalue weighted by atomic mass is 9.44. The Hall–Kier alpha value is -0.990. The Morgan fingerprint density at radius 2 is 1.86 bits per heavy atom. The Morgan fingerprint density at radius 3 is 2.56 bits per heavy atom. The minimum Gasteiger partial charge on any atom is -0.457 e. The van der Waals surface area contributed by atoms with E-state index in [9.17, 15) is 20.1 Å². The van der Waals surface area contributed by atoms with Gasteiger partial charge in [-0.1, -0.05) is 13.0 Å². The summed E-state index contributed by atoms with van der Waals surface area (Å²) in [6.07, 6.45) is 6.93. The van der Waals surface area contributed by atoms with E-state index >= 15 is 0 Å². The second kappa shape index (κ2) is 9.96. The van der Waals surface area contributed by atoms with Crippen LogP contribution < -0.4 is 0 Å². The number of allylic oxidation sites excluding steroid dienone is 1. The van der Waals surface area contributed by atoms with Crippen molar-refractivity contribution in [3.63, 3.8) is 0 Å². The lowest BCUT2D eigenvalue weighted by Crippen LogP contribution is -2.60. The summed E-state index contributed by atoms with van der Waals surface area (Å²) in [6.45, 7) is 9.87. The largest absolute Gasteiger partial charge is 0.457 e. The first-order valence-electron chi connectivity index (χ1n) is 14.2. The molecule has 4 saturated carbocycles. The average Bonchev–Trinajstić information content (AvgIpc) is 3.21. The quantitative estimate of drug-likeness (QED) is 0.297. The van der Waals surface area contributed by atoms with Crippen molar-refractivity contribution in [3.05, 3.63) is 12.7 Å². The molecule has 0 spiro atoms. The molecular formula is C29H46O7. The highest BCUT2D eigenvalue weighted by atomic mass is 16.7. The zero-order valence-corrected chi connectivity index (χ0v) is 22.2. The average molecular weight is 507 g/mol. The van der Waals surface area contributed by atoms with Crippen molar-refractivity contribution in [2.75, 3.05) is 6.61 Å². The summed E-state index contributed by atoms with van der Waals surface area (Å²) < 4.78 is 17.3. The number of aliphatic hydroxyl groups is 3.